The fourth-order valence-electron chi connectivity index (χ4n) is 1.00. The van der Waals surface area contributed by atoms with Gasteiger partial charge in [0.15, 0.2) is 16.1 Å². The second-order valence-electron chi connectivity index (χ2n) is 3.02. The number of aromatic nitrogens is 1. The average Bonchev–Trinajstić information content (AvgIpc) is 2.13. The lowest BCUT2D eigenvalue weighted by molar-refractivity contribution is 0.164. The number of rotatable bonds is 4. The number of aliphatic hydroxyl groups excluding tert-OH is 1. The first-order valence-electron chi connectivity index (χ1n) is 4.37. The molecule has 0 aliphatic rings. The van der Waals surface area contributed by atoms with Crippen molar-refractivity contribution in [2.24, 2.45) is 0 Å². The number of ether oxygens (including phenoxy) is 1. The number of hydrogen-bond acceptors (Lipinski definition) is 4. The molecule has 1 atom stereocenters. The third-order valence-electron chi connectivity index (χ3n) is 1.75. The van der Waals surface area contributed by atoms with Crippen LogP contribution >= 0.6 is 38.5 Å². The van der Waals surface area contributed by atoms with Gasteiger partial charge in [-0.3, -0.25) is 0 Å². The Balaban J connectivity index is 2.84. The van der Waals surface area contributed by atoms with E-state index in [0.29, 0.717) is 16.8 Å². The molecule has 0 bridgehead atoms. The van der Waals surface area contributed by atoms with Gasteiger partial charge in [0.25, 0.3) is 0 Å². The maximum atomic E-state index is 9.64. The van der Waals surface area contributed by atoms with Gasteiger partial charge in [0.1, 0.15) is 3.70 Å². The zero-order chi connectivity index (χ0) is 11.4. The second-order valence-corrected chi connectivity index (χ2v) is 4.88. The summed E-state index contributed by atoms with van der Waals surface area (Å²) in [5.41, 5.74) is 0. The van der Waals surface area contributed by atoms with Crippen LogP contribution in [0.2, 0.25) is 0 Å². The van der Waals surface area contributed by atoms with E-state index in [2.05, 4.69) is 20.9 Å². The third kappa shape index (κ3) is 3.76. The number of halogens is 2. The molecule has 0 aromatic carbocycles. The van der Waals surface area contributed by atoms with E-state index < -0.39 is 0 Å². The molecule has 6 heteroatoms. The third-order valence-corrected chi connectivity index (χ3v) is 2.85. The average molecular weight is 388 g/mol. The van der Waals surface area contributed by atoms with E-state index in [1.165, 1.54) is 0 Å². The van der Waals surface area contributed by atoms with Gasteiger partial charge in [-0.15, -0.1) is 0 Å². The quantitative estimate of drug-likeness (QED) is 0.614. The fraction of sp³-hybridized carbons (Fsp3) is 0.444. The van der Waals surface area contributed by atoms with Crippen molar-refractivity contribution in [3.63, 3.8) is 0 Å². The summed E-state index contributed by atoms with van der Waals surface area (Å²) in [7, 11) is 0. The van der Waals surface area contributed by atoms with Gasteiger partial charge in [-0.05, 0) is 45.4 Å². The van der Waals surface area contributed by atoms with Crippen molar-refractivity contribution in [1.29, 1.82) is 0 Å². The van der Waals surface area contributed by atoms with E-state index >= 15 is 0 Å². The molecule has 0 radical (unpaired) electrons. The minimum absolute atomic E-state index is 0.0137. The standard InChI is InChI=1S/C9H11BrINO3/c1-5(2-3-13)15-6-4-7(11)12-9(10)8(6)14/h4-5,13-14H,2-3H2,1H3. The highest BCUT2D eigenvalue weighted by Gasteiger charge is 2.12. The van der Waals surface area contributed by atoms with E-state index in [9.17, 15) is 5.11 Å². The van der Waals surface area contributed by atoms with Gasteiger partial charge in [0, 0.05) is 19.1 Å². The molecule has 0 saturated carbocycles. The summed E-state index contributed by atoms with van der Waals surface area (Å²) < 4.78 is 6.55. The van der Waals surface area contributed by atoms with Gasteiger partial charge in [-0.2, -0.15) is 0 Å². The molecular weight excluding hydrogens is 377 g/mol. The first kappa shape index (κ1) is 13.0. The predicted molar refractivity (Wildman–Crippen MR) is 68.1 cm³/mol. The van der Waals surface area contributed by atoms with E-state index in [1.54, 1.807) is 6.07 Å². The van der Waals surface area contributed by atoms with Crippen molar-refractivity contribution in [2.45, 2.75) is 19.4 Å². The van der Waals surface area contributed by atoms with Crippen LogP contribution in [-0.2, 0) is 0 Å². The first-order valence-corrected chi connectivity index (χ1v) is 6.24. The molecular formula is C9H11BrINO3. The predicted octanol–water partition coefficient (Wildman–Crippen LogP) is 2.30. The zero-order valence-corrected chi connectivity index (χ0v) is 11.8. The molecule has 84 valence electrons. The Labute approximate surface area is 110 Å². The highest BCUT2D eigenvalue weighted by atomic mass is 127. The lowest BCUT2D eigenvalue weighted by Gasteiger charge is -2.15. The Morgan fingerprint density at radius 2 is 2.33 bits per heavy atom. The van der Waals surface area contributed by atoms with E-state index in [-0.39, 0.29) is 18.5 Å². The molecule has 15 heavy (non-hydrogen) atoms. The zero-order valence-electron chi connectivity index (χ0n) is 8.07. The normalized spacial score (nSPS) is 12.5. The summed E-state index contributed by atoms with van der Waals surface area (Å²) in [4.78, 5) is 4.01. The molecule has 4 nitrogen and oxygen atoms in total. The van der Waals surface area contributed by atoms with Crippen molar-refractivity contribution >= 4 is 38.5 Å². The van der Waals surface area contributed by atoms with E-state index in [4.69, 9.17) is 9.84 Å². The fourth-order valence-corrected chi connectivity index (χ4v) is 2.25. The van der Waals surface area contributed by atoms with Crippen LogP contribution in [0.5, 0.6) is 11.5 Å². The lowest BCUT2D eigenvalue weighted by atomic mass is 10.3. The van der Waals surface area contributed by atoms with Crippen molar-refractivity contribution in [1.82, 2.24) is 4.98 Å². The molecule has 1 heterocycles. The maximum absolute atomic E-state index is 9.64. The Hall–Kier alpha value is -0.0800. The summed E-state index contributed by atoms with van der Waals surface area (Å²) >= 11 is 5.16. The van der Waals surface area contributed by atoms with Gasteiger partial charge in [0.05, 0.1) is 6.10 Å². The van der Waals surface area contributed by atoms with Gasteiger partial charge in [-0.1, -0.05) is 0 Å². The van der Waals surface area contributed by atoms with Crippen LogP contribution in [0.1, 0.15) is 13.3 Å². The topological polar surface area (TPSA) is 62.6 Å². The number of pyridine rings is 1. The smallest absolute Gasteiger partial charge is 0.191 e. The second kappa shape index (κ2) is 5.86. The molecule has 1 aromatic heterocycles. The number of aliphatic hydroxyl groups is 1. The maximum Gasteiger partial charge on any atom is 0.191 e. The minimum atomic E-state index is -0.147. The molecule has 0 fully saturated rings. The van der Waals surface area contributed by atoms with Crippen molar-refractivity contribution in [2.75, 3.05) is 6.61 Å². The largest absolute Gasteiger partial charge is 0.502 e. The van der Waals surface area contributed by atoms with Crippen LogP contribution in [0, 0.1) is 3.70 Å². The highest BCUT2D eigenvalue weighted by Crippen LogP contribution is 2.34. The summed E-state index contributed by atoms with van der Waals surface area (Å²) in [6, 6.07) is 1.65. The van der Waals surface area contributed by atoms with Gasteiger partial charge >= 0.3 is 0 Å². The molecule has 0 aliphatic carbocycles. The summed E-state index contributed by atoms with van der Waals surface area (Å²) in [6.45, 7) is 1.89. The van der Waals surface area contributed by atoms with Gasteiger partial charge in [-0.25, -0.2) is 4.98 Å². The van der Waals surface area contributed by atoms with Crippen molar-refractivity contribution in [3.8, 4) is 11.5 Å². The molecule has 0 aliphatic heterocycles. The van der Waals surface area contributed by atoms with Crippen molar-refractivity contribution in [3.05, 3.63) is 14.4 Å². The van der Waals surface area contributed by atoms with Crippen LogP contribution in [-0.4, -0.2) is 27.9 Å². The van der Waals surface area contributed by atoms with Crippen molar-refractivity contribution < 1.29 is 14.9 Å². The Kier molecular flexibility index (Phi) is 5.07. The highest BCUT2D eigenvalue weighted by molar-refractivity contribution is 14.1. The van der Waals surface area contributed by atoms with Crippen LogP contribution in [0.3, 0.4) is 0 Å². The molecule has 1 rings (SSSR count). The lowest BCUT2D eigenvalue weighted by Crippen LogP contribution is -2.13. The van der Waals surface area contributed by atoms with Gasteiger partial charge < -0.3 is 14.9 Å². The number of aromatic hydroxyl groups is 1. The molecule has 0 spiro atoms. The van der Waals surface area contributed by atoms with Crippen LogP contribution in [0.4, 0.5) is 0 Å². The van der Waals surface area contributed by atoms with E-state index in [1.807, 2.05) is 29.5 Å². The van der Waals surface area contributed by atoms with E-state index in [0.717, 1.165) is 3.70 Å². The molecule has 0 saturated heterocycles. The molecule has 1 aromatic rings. The Bertz CT molecular complexity index is 348. The van der Waals surface area contributed by atoms with Crippen LogP contribution in [0.25, 0.3) is 0 Å². The Morgan fingerprint density at radius 1 is 1.67 bits per heavy atom. The van der Waals surface area contributed by atoms with Crippen LogP contribution in [0.15, 0.2) is 10.7 Å². The molecule has 0 amide bonds. The molecule has 1 unspecified atom stereocenters. The minimum Gasteiger partial charge on any atom is -0.502 e. The number of hydrogen-bond donors (Lipinski definition) is 2. The number of nitrogens with zero attached hydrogens (tertiary/aromatic N) is 1. The Morgan fingerprint density at radius 3 is 2.93 bits per heavy atom. The monoisotopic (exact) mass is 387 g/mol. The van der Waals surface area contributed by atoms with Gasteiger partial charge in [0.2, 0.25) is 0 Å². The van der Waals surface area contributed by atoms with Crippen LogP contribution < -0.4 is 4.74 Å². The first-order chi connectivity index (χ1) is 7.04. The SMILES string of the molecule is CC(CCO)Oc1cc(I)nc(Br)c1O. The molecule has 2 N–H and O–H groups in total. The summed E-state index contributed by atoms with van der Waals surface area (Å²) in [5, 5.41) is 18.4. The summed E-state index contributed by atoms with van der Waals surface area (Å²) in [5.74, 6) is 0.363. The summed E-state index contributed by atoms with van der Waals surface area (Å²) in [6.07, 6.45) is 0.377.